The number of amides is 1. The van der Waals surface area contributed by atoms with Crippen LogP contribution in [0.25, 0.3) is 0 Å². The molecule has 1 aromatic carbocycles. The lowest BCUT2D eigenvalue weighted by Crippen LogP contribution is -2.24. The van der Waals surface area contributed by atoms with Crippen molar-refractivity contribution in [3.05, 3.63) is 59.4 Å². The third-order valence-electron chi connectivity index (χ3n) is 3.97. The highest BCUT2D eigenvalue weighted by molar-refractivity contribution is 5.92. The molecule has 2 rings (SSSR count). The summed E-state index contributed by atoms with van der Waals surface area (Å²) in [5.41, 5.74) is 3.78. The Morgan fingerprint density at radius 3 is 2.65 bits per heavy atom. The largest absolute Gasteiger partial charge is 0.373 e. The van der Waals surface area contributed by atoms with E-state index in [1.54, 1.807) is 12.3 Å². The van der Waals surface area contributed by atoms with Crippen LogP contribution in [-0.2, 0) is 6.54 Å². The third kappa shape index (κ3) is 4.81. The maximum absolute atomic E-state index is 12.2. The smallest absolute Gasteiger partial charge is 0.270 e. The van der Waals surface area contributed by atoms with Crippen molar-refractivity contribution in [3.63, 3.8) is 0 Å². The highest BCUT2D eigenvalue weighted by atomic mass is 16.1. The Kier molecular flexibility index (Phi) is 6.15. The van der Waals surface area contributed by atoms with Crippen LogP contribution in [0.5, 0.6) is 0 Å². The van der Waals surface area contributed by atoms with E-state index in [0.717, 1.165) is 30.6 Å². The fourth-order valence-electron chi connectivity index (χ4n) is 2.35. The summed E-state index contributed by atoms with van der Waals surface area (Å²) in [7, 11) is 2.05. The lowest BCUT2D eigenvalue weighted by atomic mass is 10.1. The van der Waals surface area contributed by atoms with Crippen LogP contribution in [0.4, 0.5) is 5.69 Å². The quantitative estimate of drug-likeness (QED) is 0.850. The van der Waals surface area contributed by atoms with Gasteiger partial charge in [0.1, 0.15) is 5.69 Å². The minimum Gasteiger partial charge on any atom is -0.373 e. The van der Waals surface area contributed by atoms with Gasteiger partial charge in [0, 0.05) is 20.1 Å². The van der Waals surface area contributed by atoms with Gasteiger partial charge in [-0.05, 0) is 36.6 Å². The lowest BCUT2D eigenvalue weighted by molar-refractivity contribution is 0.0946. The van der Waals surface area contributed by atoms with Gasteiger partial charge in [0.25, 0.3) is 5.91 Å². The lowest BCUT2D eigenvalue weighted by Gasteiger charge is -2.18. The van der Waals surface area contributed by atoms with Gasteiger partial charge in [-0.15, -0.1) is 0 Å². The van der Waals surface area contributed by atoms with Crippen molar-refractivity contribution in [2.45, 2.75) is 33.2 Å². The van der Waals surface area contributed by atoms with Gasteiger partial charge < -0.3 is 10.2 Å². The molecule has 2 aromatic rings. The van der Waals surface area contributed by atoms with Crippen LogP contribution < -0.4 is 10.2 Å². The maximum Gasteiger partial charge on any atom is 0.270 e. The molecule has 0 atom stereocenters. The first kappa shape index (κ1) is 17.0. The number of unbranched alkanes of at least 4 members (excludes halogenated alkanes) is 1. The van der Waals surface area contributed by atoms with Crippen LogP contribution in [0.1, 0.15) is 41.4 Å². The number of pyridine rings is 1. The van der Waals surface area contributed by atoms with Crippen molar-refractivity contribution >= 4 is 11.6 Å². The van der Waals surface area contributed by atoms with Gasteiger partial charge in [0.05, 0.1) is 11.9 Å². The molecule has 0 saturated heterocycles. The second kappa shape index (κ2) is 8.32. The molecule has 0 bridgehead atoms. The zero-order valence-corrected chi connectivity index (χ0v) is 14.2. The molecule has 0 aliphatic carbocycles. The van der Waals surface area contributed by atoms with Crippen molar-refractivity contribution in [1.29, 1.82) is 0 Å². The van der Waals surface area contributed by atoms with E-state index in [1.807, 2.05) is 44.3 Å². The number of aryl methyl sites for hydroxylation is 1. The summed E-state index contributed by atoms with van der Waals surface area (Å²) < 4.78 is 0. The fraction of sp³-hybridized carbons (Fsp3) is 0.368. The summed E-state index contributed by atoms with van der Waals surface area (Å²) in [6, 6.07) is 11.8. The number of hydrogen-bond acceptors (Lipinski definition) is 3. The van der Waals surface area contributed by atoms with Crippen LogP contribution in [0, 0.1) is 6.92 Å². The van der Waals surface area contributed by atoms with Gasteiger partial charge in [-0.3, -0.25) is 4.79 Å². The Morgan fingerprint density at radius 2 is 2.00 bits per heavy atom. The average molecular weight is 311 g/mol. The predicted octanol–water partition coefficient (Wildman–Crippen LogP) is 3.56. The SMILES string of the molecule is CCCCN(C)c1ccc(C(=O)NCc2ccccc2C)nc1. The number of carbonyl (C=O) groups excluding carboxylic acids is 1. The predicted molar refractivity (Wildman–Crippen MR) is 94.8 cm³/mol. The molecule has 4 nitrogen and oxygen atoms in total. The Hall–Kier alpha value is -2.36. The molecule has 0 aliphatic heterocycles. The average Bonchev–Trinajstić information content (AvgIpc) is 2.59. The maximum atomic E-state index is 12.2. The standard InChI is InChI=1S/C19H25N3O/c1-4-5-12-22(3)17-10-11-18(20-14-17)19(23)21-13-16-9-7-6-8-15(16)2/h6-11,14H,4-5,12-13H2,1-3H3,(H,21,23). The molecule has 0 radical (unpaired) electrons. The van der Waals surface area contributed by atoms with E-state index in [0.29, 0.717) is 12.2 Å². The molecule has 1 aromatic heterocycles. The van der Waals surface area contributed by atoms with E-state index in [2.05, 4.69) is 22.1 Å². The summed E-state index contributed by atoms with van der Waals surface area (Å²) >= 11 is 0. The van der Waals surface area contributed by atoms with Crippen LogP contribution >= 0.6 is 0 Å². The molecule has 1 N–H and O–H groups in total. The number of rotatable bonds is 7. The molecule has 0 unspecified atom stereocenters. The number of aromatic nitrogens is 1. The van der Waals surface area contributed by atoms with Crippen molar-refractivity contribution in [2.24, 2.45) is 0 Å². The molecule has 1 amide bonds. The molecule has 1 heterocycles. The highest BCUT2D eigenvalue weighted by Gasteiger charge is 2.08. The molecule has 0 fully saturated rings. The van der Waals surface area contributed by atoms with Crippen molar-refractivity contribution in [3.8, 4) is 0 Å². The Bertz CT molecular complexity index is 637. The van der Waals surface area contributed by atoms with Crippen LogP contribution in [-0.4, -0.2) is 24.5 Å². The van der Waals surface area contributed by atoms with Gasteiger partial charge in [-0.2, -0.15) is 0 Å². The Morgan fingerprint density at radius 1 is 1.22 bits per heavy atom. The highest BCUT2D eigenvalue weighted by Crippen LogP contribution is 2.12. The second-order valence-electron chi connectivity index (χ2n) is 5.79. The fourth-order valence-corrected chi connectivity index (χ4v) is 2.35. The molecular weight excluding hydrogens is 286 g/mol. The van der Waals surface area contributed by atoms with Gasteiger partial charge >= 0.3 is 0 Å². The van der Waals surface area contributed by atoms with Crippen LogP contribution in [0.2, 0.25) is 0 Å². The summed E-state index contributed by atoms with van der Waals surface area (Å²) in [6.45, 7) is 5.73. The van der Waals surface area contributed by atoms with Crippen molar-refractivity contribution < 1.29 is 4.79 Å². The van der Waals surface area contributed by atoms with E-state index >= 15 is 0 Å². The molecule has 0 aliphatic rings. The molecule has 4 heteroatoms. The number of nitrogens with zero attached hydrogens (tertiary/aromatic N) is 2. The third-order valence-corrected chi connectivity index (χ3v) is 3.97. The molecule has 0 spiro atoms. The van der Waals surface area contributed by atoms with Gasteiger partial charge in [-0.1, -0.05) is 37.6 Å². The number of nitrogens with one attached hydrogen (secondary N) is 1. The first-order valence-corrected chi connectivity index (χ1v) is 8.11. The zero-order valence-electron chi connectivity index (χ0n) is 14.2. The summed E-state index contributed by atoms with van der Waals surface area (Å²) in [4.78, 5) is 18.6. The Labute approximate surface area is 138 Å². The summed E-state index contributed by atoms with van der Waals surface area (Å²) in [5, 5.41) is 2.92. The van der Waals surface area contributed by atoms with Gasteiger partial charge in [0.15, 0.2) is 0 Å². The topological polar surface area (TPSA) is 45.2 Å². The Balaban J connectivity index is 1.94. The van der Waals surface area contributed by atoms with E-state index in [4.69, 9.17) is 0 Å². The first-order chi connectivity index (χ1) is 11.1. The molecule has 0 saturated carbocycles. The molecule has 122 valence electrons. The van der Waals surface area contributed by atoms with Crippen molar-refractivity contribution in [2.75, 3.05) is 18.5 Å². The number of benzene rings is 1. The monoisotopic (exact) mass is 311 g/mol. The molecule has 23 heavy (non-hydrogen) atoms. The summed E-state index contributed by atoms with van der Waals surface area (Å²) in [5.74, 6) is -0.143. The zero-order chi connectivity index (χ0) is 16.7. The van der Waals surface area contributed by atoms with Crippen molar-refractivity contribution in [1.82, 2.24) is 10.3 Å². The van der Waals surface area contributed by atoms with Crippen LogP contribution in [0.3, 0.4) is 0 Å². The number of hydrogen-bond donors (Lipinski definition) is 1. The van der Waals surface area contributed by atoms with E-state index in [-0.39, 0.29) is 5.91 Å². The number of anilines is 1. The first-order valence-electron chi connectivity index (χ1n) is 8.11. The summed E-state index contributed by atoms with van der Waals surface area (Å²) in [6.07, 6.45) is 4.07. The van der Waals surface area contributed by atoms with E-state index in [9.17, 15) is 4.79 Å². The molecular formula is C19H25N3O. The van der Waals surface area contributed by atoms with Crippen LogP contribution in [0.15, 0.2) is 42.6 Å². The van der Waals surface area contributed by atoms with E-state index < -0.39 is 0 Å². The normalized spacial score (nSPS) is 10.4. The minimum absolute atomic E-state index is 0.143. The van der Waals surface area contributed by atoms with E-state index in [1.165, 1.54) is 5.56 Å². The second-order valence-corrected chi connectivity index (χ2v) is 5.79. The minimum atomic E-state index is -0.143. The van der Waals surface area contributed by atoms with Gasteiger partial charge in [0.2, 0.25) is 0 Å². The van der Waals surface area contributed by atoms with Gasteiger partial charge in [-0.25, -0.2) is 4.98 Å². The number of carbonyl (C=O) groups is 1.